The highest BCUT2D eigenvalue weighted by Gasteiger charge is 2.41. The summed E-state index contributed by atoms with van der Waals surface area (Å²) in [5.41, 5.74) is 4.58. The predicted molar refractivity (Wildman–Crippen MR) is 145 cm³/mol. The van der Waals surface area contributed by atoms with Crippen LogP contribution in [0.5, 0.6) is 0 Å². The van der Waals surface area contributed by atoms with Crippen LogP contribution in [0, 0.1) is 18.3 Å². The van der Waals surface area contributed by atoms with Crippen LogP contribution in [-0.2, 0) is 14.4 Å². The molecule has 7 nitrogen and oxygen atoms in total. The van der Waals surface area contributed by atoms with E-state index in [0.29, 0.717) is 13.0 Å². The van der Waals surface area contributed by atoms with Crippen LogP contribution in [0.2, 0.25) is 0 Å². The Morgan fingerprint density at radius 1 is 1.14 bits per heavy atom. The topological polar surface area (TPSA) is 91.4 Å². The fourth-order valence-electron chi connectivity index (χ4n) is 4.53. The number of aryl methyl sites for hydroxylation is 1. The number of benzene rings is 1. The Morgan fingerprint density at radius 2 is 1.81 bits per heavy atom. The van der Waals surface area contributed by atoms with Crippen LogP contribution in [0.15, 0.2) is 29.8 Å². The molecule has 2 aromatic rings. The normalized spacial score (nSPS) is 17.8. The lowest BCUT2D eigenvalue weighted by atomic mass is 9.85. The first-order valence-corrected chi connectivity index (χ1v) is 13.7. The van der Waals surface area contributed by atoms with Crippen molar-refractivity contribution in [3.63, 3.8) is 0 Å². The lowest BCUT2D eigenvalue weighted by Gasteiger charge is -2.35. The number of carbonyl (C=O) groups is 3. The number of likely N-dealkylation sites (tertiary alicyclic amines) is 1. The van der Waals surface area contributed by atoms with Crippen LogP contribution in [0.3, 0.4) is 0 Å². The Balaban J connectivity index is 1.67. The van der Waals surface area contributed by atoms with E-state index in [1.807, 2.05) is 66.1 Å². The third-order valence-corrected chi connectivity index (χ3v) is 7.83. The summed E-state index contributed by atoms with van der Waals surface area (Å²) in [6.45, 7) is 14.3. The molecule has 0 saturated carbocycles. The largest absolute Gasteiger partial charge is 0.348 e. The number of thiazole rings is 1. The van der Waals surface area contributed by atoms with Gasteiger partial charge in [0.25, 0.3) is 0 Å². The molecule has 0 bridgehead atoms. The van der Waals surface area contributed by atoms with Crippen molar-refractivity contribution in [3.05, 3.63) is 41.0 Å². The molecule has 1 aliphatic heterocycles. The molecule has 1 saturated heterocycles. The minimum Gasteiger partial charge on any atom is -0.348 e. The van der Waals surface area contributed by atoms with Crippen molar-refractivity contribution in [2.45, 2.75) is 79.4 Å². The number of carbonyl (C=O) groups excluding carboxylic acids is 3. The highest BCUT2D eigenvalue weighted by molar-refractivity contribution is 7.13. The molecular formula is C28H40N4O3S. The number of hydrogen-bond acceptors (Lipinski definition) is 6. The number of aromatic nitrogens is 1. The zero-order chi connectivity index (χ0) is 26.6. The van der Waals surface area contributed by atoms with Gasteiger partial charge in [-0.2, -0.15) is 0 Å². The molecule has 36 heavy (non-hydrogen) atoms. The van der Waals surface area contributed by atoms with Crippen molar-refractivity contribution in [3.8, 4) is 10.4 Å². The van der Waals surface area contributed by atoms with Gasteiger partial charge in [0.15, 0.2) is 0 Å². The summed E-state index contributed by atoms with van der Waals surface area (Å²) in [6, 6.07) is 6.93. The predicted octanol–water partition coefficient (Wildman–Crippen LogP) is 4.52. The second kappa shape index (κ2) is 11.6. The van der Waals surface area contributed by atoms with Crippen LogP contribution < -0.4 is 10.6 Å². The van der Waals surface area contributed by atoms with Gasteiger partial charge in [0, 0.05) is 12.5 Å². The molecule has 196 valence electrons. The van der Waals surface area contributed by atoms with Crippen molar-refractivity contribution >= 4 is 28.9 Å². The maximum atomic E-state index is 13.6. The molecule has 1 aromatic carbocycles. The lowest BCUT2D eigenvalue weighted by molar-refractivity contribution is -0.142. The number of hydrogen-bond donors (Lipinski definition) is 2. The van der Waals surface area contributed by atoms with Gasteiger partial charge in [-0.1, -0.05) is 58.9 Å². The van der Waals surface area contributed by atoms with Crippen LogP contribution >= 0.6 is 11.3 Å². The average Bonchev–Trinajstić information content (AvgIpc) is 3.47. The molecule has 0 aliphatic carbocycles. The number of nitrogens with one attached hydrogen (secondary N) is 2. The van der Waals surface area contributed by atoms with Gasteiger partial charge in [-0.05, 0) is 43.2 Å². The van der Waals surface area contributed by atoms with E-state index in [-0.39, 0.29) is 36.1 Å². The standard InChI is InChI=1S/C28H40N4O3S/c1-17(2)23(33)15-29-25(28(5,6)7)27(35)32-14-8-9-22(32)26(34)31-18(3)20-10-12-21(13-11-20)24-19(4)30-16-36-24/h10-13,16-18,22,25,29H,8-9,14-15H2,1-7H3,(H,31,34). The number of rotatable bonds is 9. The molecular weight excluding hydrogens is 472 g/mol. The van der Waals surface area contributed by atoms with E-state index < -0.39 is 17.5 Å². The van der Waals surface area contributed by atoms with Gasteiger partial charge in [0.2, 0.25) is 11.8 Å². The molecule has 2 amide bonds. The SMILES string of the molecule is Cc1ncsc1-c1ccc(C(C)NC(=O)C2CCCN2C(=O)C(NCC(=O)C(C)C)C(C)(C)C)cc1. The number of ketones is 1. The van der Waals surface area contributed by atoms with Gasteiger partial charge in [0.05, 0.1) is 34.7 Å². The smallest absolute Gasteiger partial charge is 0.243 e. The molecule has 2 heterocycles. The van der Waals surface area contributed by atoms with E-state index >= 15 is 0 Å². The summed E-state index contributed by atoms with van der Waals surface area (Å²) in [6.07, 6.45) is 1.42. The second-order valence-corrected chi connectivity index (χ2v) is 12.0. The molecule has 3 unspecified atom stereocenters. The first-order chi connectivity index (χ1) is 16.9. The van der Waals surface area contributed by atoms with Crippen molar-refractivity contribution in [1.29, 1.82) is 0 Å². The molecule has 2 N–H and O–H groups in total. The monoisotopic (exact) mass is 512 g/mol. The molecule has 1 aliphatic rings. The minimum absolute atomic E-state index is 0.0677. The van der Waals surface area contributed by atoms with Crippen LogP contribution in [0.25, 0.3) is 10.4 Å². The zero-order valence-corrected chi connectivity index (χ0v) is 23.4. The van der Waals surface area contributed by atoms with Gasteiger partial charge in [-0.25, -0.2) is 4.98 Å². The maximum absolute atomic E-state index is 13.6. The van der Waals surface area contributed by atoms with Crippen LogP contribution in [0.1, 0.15) is 71.7 Å². The number of nitrogens with zero attached hydrogens (tertiary/aromatic N) is 2. The molecule has 1 fully saturated rings. The first-order valence-electron chi connectivity index (χ1n) is 12.8. The summed E-state index contributed by atoms with van der Waals surface area (Å²) >= 11 is 1.62. The Bertz CT molecular complexity index is 1070. The summed E-state index contributed by atoms with van der Waals surface area (Å²) < 4.78 is 0. The highest BCUT2D eigenvalue weighted by atomic mass is 32.1. The minimum atomic E-state index is -0.547. The molecule has 3 atom stereocenters. The van der Waals surface area contributed by atoms with E-state index in [2.05, 4.69) is 27.8 Å². The Kier molecular flexibility index (Phi) is 9.06. The first kappa shape index (κ1) is 28.0. The van der Waals surface area contributed by atoms with Crippen molar-refractivity contribution in [1.82, 2.24) is 20.5 Å². The van der Waals surface area contributed by atoms with Gasteiger partial charge in [0.1, 0.15) is 11.8 Å². The molecule has 0 spiro atoms. The van der Waals surface area contributed by atoms with Crippen molar-refractivity contribution in [2.75, 3.05) is 13.1 Å². The van der Waals surface area contributed by atoms with E-state index in [1.54, 1.807) is 16.2 Å². The molecule has 3 rings (SSSR count). The maximum Gasteiger partial charge on any atom is 0.243 e. The second-order valence-electron chi connectivity index (χ2n) is 11.1. The molecule has 0 radical (unpaired) electrons. The highest BCUT2D eigenvalue weighted by Crippen LogP contribution is 2.29. The summed E-state index contributed by atoms with van der Waals surface area (Å²) in [7, 11) is 0. The molecule has 8 heteroatoms. The number of amides is 2. The third kappa shape index (κ3) is 6.59. The zero-order valence-electron chi connectivity index (χ0n) is 22.6. The Labute approximate surface area is 219 Å². The lowest BCUT2D eigenvalue weighted by Crippen LogP contribution is -2.57. The summed E-state index contributed by atoms with van der Waals surface area (Å²) in [5.74, 6) is -0.284. The van der Waals surface area contributed by atoms with E-state index in [9.17, 15) is 14.4 Å². The van der Waals surface area contributed by atoms with Crippen molar-refractivity contribution in [2.24, 2.45) is 11.3 Å². The van der Waals surface area contributed by atoms with Gasteiger partial charge in [-0.3, -0.25) is 19.7 Å². The fourth-order valence-corrected chi connectivity index (χ4v) is 5.35. The summed E-state index contributed by atoms with van der Waals surface area (Å²) in [4.78, 5) is 46.2. The summed E-state index contributed by atoms with van der Waals surface area (Å²) in [5, 5.41) is 6.30. The van der Waals surface area contributed by atoms with Gasteiger partial charge < -0.3 is 10.2 Å². The van der Waals surface area contributed by atoms with Gasteiger partial charge >= 0.3 is 0 Å². The van der Waals surface area contributed by atoms with E-state index in [1.165, 1.54) is 0 Å². The average molecular weight is 513 g/mol. The molecule has 1 aromatic heterocycles. The van der Waals surface area contributed by atoms with Crippen LogP contribution in [0.4, 0.5) is 0 Å². The fraction of sp³-hybridized carbons (Fsp3) is 0.571. The quantitative estimate of drug-likeness (QED) is 0.516. The van der Waals surface area contributed by atoms with Crippen molar-refractivity contribution < 1.29 is 14.4 Å². The van der Waals surface area contributed by atoms with Gasteiger partial charge in [-0.15, -0.1) is 11.3 Å². The Hall–Kier alpha value is -2.58. The third-order valence-electron chi connectivity index (χ3n) is 6.85. The Morgan fingerprint density at radius 3 is 2.36 bits per heavy atom. The number of Topliss-reactive ketones (excluding diaryl/α,β-unsaturated/α-hetero) is 1. The van der Waals surface area contributed by atoms with E-state index in [4.69, 9.17) is 0 Å². The van der Waals surface area contributed by atoms with E-state index in [0.717, 1.165) is 28.1 Å². The van der Waals surface area contributed by atoms with Crippen LogP contribution in [-0.4, -0.2) is 52.7 Å².